The van der Waals surface area contributed by atoms with Crippen LogP contribution in [0.1, 0.15) is 55.3 Å². The topological polar surface area (TPSA) is 70.2 Å². The lowest BCUT2D eigenvalue weighted by Gasteiger charge is -2.37. The van der Waals surface area contributed by atoms with Gasteiger partial charge >= 0.3 is 0 Å². The number of hydrogen-bond acceptors (Lipinski definition) is 4. The molecule has 32 heavy (non-hydrogen) atoms. The maximum Gasteiger partial charge on any atom is 0.258 e. The molecule has 4 rings (SSSR count). The molecule has 8 heteroatoms. The van der Waals surface area contributed by atoms with Crippen molar-refractivity contribution in [2.45, 2.75) is 51.0 Å². The first-order valence-corrected chi connectivity index (χ1v) is 12.1. The van der Waals surface area contributed by atoms with Gasteiger partial charge in [0.25, 0.3) is 5.91 Å². The third-order valence-corrected chi connectivity index (χ3v) is 7.25. The van der Waals surface area contributed by atoms with Crippen molar-refractivity contribution in [1.29, 1.82) is 0 Å². The normalized spacial score (nSPS) is 22.2. The zero-order valence-corrected chi connectivity index (χ0v) is 19.5. The van der Waals surface area contributed by atoms with Gasteiger partial charge in [-0.05, 0) is 63.1 Å². The first-order chi connectivity index (χ1) is 15.5. The van der Waals surface area contributed by atoms with E-state index in [0.717, 1.165) is 32.4 Å². The van der Waals surface area contributed by atoms with Crippen molar-refractivity contribution in [3.05, 3.63) is 28.8 Å². The number of benzene rings is 1. The van der Waals surface area contributed by atoms with E-state index in [9.17, 15) is 14.4 Å². The maximum absolute atomic E-state index is 13.3. The summed E-state index contributed by atoms with van der Waals surface area (Å²) >= 11 is 6.11. The molecule has 1 aromatic rings. The van der Waals surface area contributed by atoms with Crippen LogP contribution in [0.25, 0.3) is 0 Å². The fraction of sp³-hybridized carbons (Fsp3) is 0.625. The summed E-state index contributed by atoms with van der Waals surface area (Å²) in [5.41, 5.74) is 0.380. The molecular weight excluding hydrogens is 430 g/mol. The number of rotatable bonds is 4. The molecule has 3 heterocycles. The van der Waals surface area contributed by atoms with Gasteiger partial charge < -0.3 is 19.4 Å². The predicted octanol–water partition coefficient (Wildman–Crippen LogP) is 3.20. The lowest BCUT2D eigenvalue weighted by Crippen LogP contribution is -2.51. The van der Waals surface area contributed by atoms with Crippen molar-refractivity contribution in [2.24, 2.45) is 5.92 Å². The third kappa shape index (κ3) is 4.72. The van der Waals surface area contributed by atoms with Gasteiger partial charge in [-0.15, -0.1) is 0 Å². The third-order valence-electron chi connectivity index (χ3n) is 7.01. The minimum Gasteiger partial charge on any atom is -0.496 e. The molecule has 0 aromatic heterocycles. The molecule has 3 fully saturated rings. The minimum absolute atomic E-state index is 0.00850. The molecule has 1 unspecified atom stereocenters. The molecule has 0 aliphatic carbocycles. The zero-order chi connectivity index (χ0) is 22.7. The number of amides is 3. The van der Waals surface area contributed by atoms with Gasteiger partial charge in [0.15, 0.2) is 0 Å². The van der Waals surface area contributed by atoms with Gasteiger partial charge in [0.05, 0.1) is 12.7 Å². The second kappa shape index (κ2) is 10.1. The summed E-state index contributed by atoms with van der Waals surface area (Å²) in [4.78, 5) is 44.9. The van der Waals surface area contributed by atoms with E-state index in [4.69, 9.17) is 16.3 Å². The number of ether oxygens (including phenoxy) is 1. The molecule has 3 amide bonds. The second-order valence-corrected chi connectivity index (χ2v) is 9.42. The Bertz CT molecular complexity index is 863. The number of methoxy groups -OCH3 is 1. The van der Waals surface area contributed by atoms with Crippen LogP contribution in [0.15, 0.2) is 18.2 Å². The lowest BCUT2D eigenvalue weighted by molar-refractivity contribution is -0.143. The number of piperidine rings is 2. The first kappa shape index (κ1) is 22.9. The number of nitrogens with zero attached hydrogens (tertiary/aromatic N) is 3. The number of hydrogen-bond donors (Lipinski definition) is 0. The van der Waals surface area contributed by atoms with Crippen LogP contribution in [0, 0.1) is 5.92 Å². The van der Waals surface area contributed by atoms with Gasteiger partial charge in [0.2, 0.25) is 11.8 Å². The van der Waals surface area contributed by atoms with Crippen LogP contribution in [0.5, 0.6) is 5.75 Å². The Morgan fingerprint density at radius 2 is 1.56 bits per heavy atom. The summed E-state index contributed by atoms with van der Waals surface area (Å²) in [5, 5.41) is 0.455. The highest BCUT2D eigenvalue weighted by molar-refractivity contribution is 6.31. The molecule has 0 spiro atoms. The molecule has 0 N–H and O–H groups in total. The van der Waals surface area contributed by atoms with E-state index in [1.165, 1.54) is 13.5 Å². The highest BCUT2D eigenvalue weighted by atomic mass is 35.5. The molecule has 3 aliphatic heterocycles. The van der Waals surface area contributed by atoms with E-state index >= 15 is 0 Å². The molecule has 0 bridgehead atoms. The van der Waals surface area contributed by atoms with E-state index in [0.29, 0.717) is 55.2 Å². The van der Waals surface area contributed by atoms with Gasteiger partial charge in [-0.25, -0.2) is 0 Å². The number of likely N-dealkylation sites (tertiary alicyclic amines) is 3. The van der Waals surface area contributed by atoms with Crippen LogP contribution in [0.2, 0.25) is 5.02 Å². The van der Waals surface area contributed by atoms with Crippen molar-refractivity contribution < 1.29 is 19.1 Å². The summed E-state index contributed by atoms with van der Waals surface area (Å²) in [6, 6.07) is 4.48. The van der Waals surface area contributed by atoms with E-state index < -0.39 is 6.04 Å². The average Bonchev–Trinajstić information content (AvgIpc) is 3.33. The van der Waals surface area contributed by atoms with Crippen LogP contribution < -0.4 is 4.74 Å². The molecule has 3 saturated heterocycles. The van der Waals surface area contributed by atoms with Crippen molar-refractivity contribution in [3.8, 4) is 5.75 Å². The smallest absolute Gasteiger partial charge is 0.258 e. The van der Waals surface area contributed by atoms with Gasteiger partial charge in [-0.2, -0.15) is 0 Å². The lowest BCUT2D eigenvalue weighted by atomic mass is 9.93. The summed E-state index contributed by atoms with van der Waals surface area (Å²) in [7, 11) is 1.52. The van der Waals surface area contributed by atoms with Gasteiger partial charge in [-0.3, -0.25) is 14.4 Å². The Hall–Kier alpha value is -2.28. The summed E-state index contributed by atoms with van der Waals surface area (Å²) in [6.07, 6.45) is 6.22. The largest absolute Gasteiger partial charge is 0.496 e. The van der Waals surface area contributed by atoms with Gasteiger partial charge in [0.1, 0.15) is 11.8 Å². The molecule has 1 aromatic carbocycles. The molecule has 0 radical (unpaired) electrons. The Morgan fingerprint density at radius 3 is 2.25 bits per heavy atom. The van der Waals surface area contributed by atoms with E-state index in [1.54, 1.807) is 23.1 Å². The SMILES string of the molecule is COc1ccc(Cl)cc1C(=O)N1CCCC1C(=O)N1CCC(C(=O)N2CCCCC2)CC1. The Balaban J connectivity index is 1.38. The van der Waals surface area contributed by atoms with Gasteiger partial charge in [-0.1, -0.05) is 11.6 Å². The van der Waals surface area contributed by atoms with E-state index in [1.807, 2.05) is 9.80 Å². The maximum atomic E-state index is 13.3. The highest BCUT2D eigenvalue weighted by Gasteiger charge is 2.39. The van der Waals surface area contributed by atoms with Crippen LogP contribution in [0.3, 0.4) is 0 Å². The van der Waals surface area contributed by atoms with E-state index in [2.05, 4.69) is 0 Å². The molecule has 0 saturated carbocycles. The molecule has 7 nitrogen and oxygen atoms in total. The van der Waals surface area contributed by atoms with Crippen LogP contribution in [-0.4, -0.2) is 78.3 Å². The van der Waals surface area contributed by atoms with Gasteiger partial charge in [0, 0.05) is 43.7 Å². The molecular formula is C24H32ClN3O4. The molecule has 174 valence electrons. The monoisotopic (exact) mass is 461 g/mol. The quantitative estimate of drug-likeness (QED) is 0.690. The summed E-state index contributed by atoms with van der Waals surface area (Å²) in [5.74, 6) is 0.474. The van der Waals surface area contributed by atoms with Crippen molar-refractivity contribution >= 4 is 29.3 Å². The number of carbonyl (C=O) groups excluding carboxylic acids is 3. The highest BCUT2D eigenvalue weighted by Crippen LogP contribution is 2.29. The van der Waals surface area contributed by atoms with Crippen LogP contribution in [0.4, 0.5) is 0 Å². The Morgan fingerprint density at radius 1 is 0.875 bits per heavy atom. The predicted molar refractivity (Wildman–Crippen MR) is 122 cm³/mol. The number of halogens is 1. The fourth-order valence-corrected chi connectivity index (χ4v) is 5.37. The minimum atomic E-state index is -0.472. The van der Waals surface area contributed by atoms with Crippen LogP contribution >= 0.6 is 11.6 Å². The molecule has 1 atom stereocenters. The number of carbonyl (C=O) groups is 3. The van der Waals surface area contributed by atoms with Crippen molar-refractivity contribution in [2.75, 3.05) is 39.8 Å². The van der Waals surface area contributed by atoms with E-state index in [-0.39, 0.29) is 23.6 Å². The summed E-state index contributed by atoms with van der Waals surface area (Å²) < 4.78 is 5.34. The zero-order valence-electron chi connectivity index (χ0n) is 18.7. The Labute approximate surface area is 194 Å². The first-order valence-electron chi connectivity index (χ1n) is 11.7. The van der Waals surface area contributed by atoms with Crippen LogP contribution in [-0.2, 0) is 9.59 Å². The Kier molecular flexibility index (Phi) is 7.23. The van der Waals surface area contributed by atoms with Crippen molar-refractivity contribution in [1.82, 2.24) is 14.7 Å². The second-order valence-electron chi connectivity index (χ2n) is 8.99. The molecule has 3 aliphatic rings. The average molecular weight is 462 g/mol. The summed E-state index contributed by atoms with van der Waals surface area (Å²) in [6.45, 7) is 3.41. The van der Waals surface area contributed by atoms with Crippen molar-refractivity contribution in [3.63, 3.8) is 0 Å². The standard InChI is InChI=1S/C24H32ClN3O4/c1-32-21-8-7-18(25)16-19(21)23(30)28-13-5-6-20(28)24(31)27-14-9-17(10-15-27)22(29)26-11-3-2-4-12-26/h7-8,16-17,20H,2-6,9-15H2,1H3. The fourth-order valence-electron chi connectivity index (χ4n) is 5.20.